The molecule has 0 aliphatic rings. The Balaban J connectivity index is 1.80. The lowest BCUT2D eigenvalue weighted by atomic mass is 10.1. The number of nitrogens with one attached hydrogen (secondary N) is 1. The summed E-state index contributed by atoms with van der Waals surface area (Å²) in [4.78, 5) is 10.1. The van der Waals surface area contributed by atoms with Gasteiger partial charge in [0.1, 0.15) is 0 Å². The minimum absolute atomic E-state index is 0.802. The third-order valence-electron chi connectivity index (χ3n) is 3.35. The summed E-state index contributed by atoms with van der Waals surface area (Å²) >= 11 is 5.13. The van der Waals surface area contributed by atoms with E-state index < -0.39 is 0 Å². The first-order valence-corrected chi connectivity index (χ1v) is 9.32. The molecule has 0 amide bonds. The quantitative estimate of drug-likeness (QED) is 0.447. The van der Waals surface area contributed by atoms with E-state index in [1.807, 2.05) is 24.3 Å². The monoisotopic (exact) mass is 400 g/mol. The van der Waals surface area contributed by atoms with Crippen molar-refractivity contribution >= 4 is 38.6 Å². The van der Waals surface area contributed by atoms with Crippen LogP contribution in [-0.2, 0) is 6.42 Å². The Morgan fingerprint density at radius 1 is 1.25 bits per heavy atom. The molecule has 0 unspecified atom stereocenters. The molecule has 0 saturated heterocycles. The molecule has 3 rings (SSSR count). The molecular weight excluding hydrogens is 384 g/mol. The van der Waals surface area contributed by atoms with Crippen molar-refractivity contribution in [3.8, 4) is 11.3 Å². The second kappa shape index (κ2) is 8.17. The first-order valence-electron chi connectivity index (χ1n) is 7.71. The molecule has 122 valence electrons. The highest BCUT2D eigenvalue weighted by Gasteiger charge is 2.12. The van der Waals surface area contributed by atoms with Gasteiger partial charge < -0.3 is 0 Å². The summed E-state index contributed by atoms with van der Waals surface area (Å²) < 4.78 is 1.07. The molecule has 0 saturated carbocycles. The molecule has 24 heavy (non-hydrogen) atoms. The van der Waals surface area contributed by atoms with Crippen LogP contribution in [0.2, 0.25) is 0 Å². The lowest BCUT2D eigenvalue weighted by molar-refractivity contribution is 0.938. The first-order chi connectivity index (χ1) is 11.8. The molecule has 4 nitrogen and oxygen atoms in total. The minimum Gasteiger partial charge on any atom is -0.264 e. The van der Waals surface area contributed by atoms with Crippen molar-refractivity contribution in [1.29, 1.82) is 0 Å². The van der Waals surface area contributed by atoms with Gasteiger partial charge in [-0.2, -0.15) is 5.10 Å². The Labute approximate surface area is 153 Å². The normalized spacial score (nSPS) is 11.1. The maximum absolute atomic E-state index is 4.72. The zero-order chi connectivity index (χ0) is 16.8. The largest absolute Gasteiger partial charge is 0.264 e. The van der Waals surface area contributed by atoms with Crippen LogP contribution >= 0.6 is 27.3 Å². The molecule has 1 aromatic carbocycles. The van der Waals surface area contributed by atoms with Crippen LogP contribution < -0.4 is 5.43 Å². The van der Waals surface area contributed by atoms with Crippen molar-refractivity contribution in [2.24, 2.45) is 5.10 Å². The number of hydrazone groups is 1. The third-order valence-corrected chi connectivity index (χ3v) is 4.90. The van der Waals surface area contributed by atoms with Crippen LogP contribution in [0.15, 0.2) is 58.4 Å². The molecule has 0 aliphatic carbocycles. The Morgan fingerprint density at radius 3 is 2.79 bits per heavy atom. The van der Waals surface area contributed by atoms with Crippen molar-refractivity contribution in [2.45, 2.75) is 19.8 Å². The van der Waals surface area contributed by atoms with Gasteiger partial charge in [0.2, 0.25) is 5.13 Å². The summed E-state index contributed by atoms with van der Waals surface area (Å²) in [6.07, 6.45) is 7.35. The van der Waals surface area contributed by atoms with E-state index in [-0.39, 0.29) is 0 Å². The highest BCUT2D eigenvalue weighted by atomic mass is 79.9. The SMILES string of the molecule is CCCc1sc(N/N=C\c2cccnc2)nc1-c1ccc(Br)cc1. The summed E-state index contributed by atoms with van der Waals surface area (Å²) in [5.74, 6) is 0. The number of hydrogen-bond acceptors (Lipinski definition) is 5. The fourth-order valence-corrected chi connectivity index (χ4v) is 3.54. The highest BCUT2D eigenvalue weighted by Crippen LogP contribution is 2.32. The summed E-state index contributed by atoms with van der Waals surface area (Å²) in [7, 11) is 0. The van der Waals surface area contributed by atoms with Gasteiger partial charge in [-0.3, -0.25) is 10.4 Å². The summed E-state index contributed by atoms with van der Waals surface area (Å²) in [6, 6.07) is 12.1. The van der Waals surface area contributed by atoms with Crippen LogP contribution in [0.4, 0.5) is 5.13 Å². The molecular formula is C18H17BrN4S. The molecule has 0 fully saturated rings. The van der Waals surface area contributed by atoms with Crippen LogP contribution in [-0.4, -0.2) is 16.2 Å². The summed E-state index contributed by atoms with van der Waals surface area (Å²) in [5.41, 5.74) is 6.14. The van der Waals surface area contributed by atoms with E-state index in [2.05, 4.69) is 50.5 Å². The van der Waals surface area contributed by atoms with E-state index in [1.54, 1.807) is 29.9 Å². The first kappa shape index (κ1) is 16.8. The zero-order valence-electron chi connectivity index (χ0n) is 13.2. The highest BCUT2D eigenvalue weighted by molar-refractivity contribution is 9.10. The Morgan fingerprint density at radius 2 is 2.08 bits per heavy atom. The van der Waals surface area contributed by atoms with E-state index in [9.17, 15) is 0 Å². The zero-order valence-corrected chi connectivity index (χ0v) is 15.6. The van der Waals surface area contributed by atoms with Crippen molar-refractivity contribution in [1.82, 2.24) is 9.97 Å². The molecule has 2 heterocycles. The van der Waals surface area contributed by atoms with Gasteiger partial charge in [-0.05, 0) is 24.6 Å². The fourth-order valence-electron chi connectivity index (χ4n) is 2.24. The molecule has 0 bridgehead atoms. The van der Waals surface area contributed by atoms with E-state index in [0.717, 1.165) is 39.3 Å². The molecule has 0 atom stereocenters. The summed E-state index contributed by atoms with van der Waals surface area (Å²) in [5, 5.41) is 5.06. The van der Waals surface area contributed by atoms with Gasteiger partial charge in [0, 0.05) is 32.9 Å². The van der Waals surface area contributed by atoms with E-state index in [0.29, 0.717) is 0 Å². The maximum Gasteiger partial charge on any atom is 0.204 e. The van der Waals surface area contributed by atoms with Gasteiger partial charge in [0.15, 0.2) is 0 Å². The van der Waals surface area contributed by atoms with Crippen LogP contribution in [0.3, 0.4) is 0 Å². The number of aryl methyl sites for hydroxylation is 1. The van der Waals surface area contributed by atoms with Gasteiger partial charge >= 0.3 is 0 Å². The molecule has 0 aliphatic heterocycles. The fraction of sp³-hybridized carbons (Fsp3) is 0.167. The number of thiazole rings is 1. The lowest BCUT2D eigenvalue weighted by Gasteiger charge is -2.01. The lowest BCUT2D eigenvalue weighted by Crippen LogP contribution is -1.90. The number of halogens is 1. The second-order valence-electron chi connectivity index (χ2n) is 5.20. The molecule has 0 radical (unpaired) electrons. The van der Waals surface area contributed by atoms with Crippen molar-refractivity contribution < 1.29 is 0 Å². The number of anilines is 1. The number of aromatic nitrogens is 2. The molecule has 3 aromatic rings. The maximum atomic E-state index is 4.72. The average molecular weight is 401 g/mol. The number of nitrogens with zero attached hydrogens (tertiary/aromatic N) is 3. The Kier molecular flexibility index (Phi) is 5.72. The van der Waals surface area contributed by atoms with Crippen LogP contribution in [0.1, 0.15) is 23.8 Å². The molecule has 6 heteroatoms. The Hall–Kier alpha value is -2.05. The standard InChI is InChI=1S/C18H17BrN4S/c1-2-4-16-17(14-6-8-15(19)9-7-14)22-18(24-16)23-21-12-13-5-3-10-20-11-13/h3,5-12H,2,4H2,1H3,(H,22,23)/b21-12-. The predicted octanol–water partition coefficient (Wildman–Crippen LogP) is 5.37. The molecule has 1 N–H and O–H groups in total. The predicted molar refractivity (Wildman–Crippen MR) is 105 cm³/mol. The van der Waals surface area contributed by atoms with Gasteiger partial charge in [0.25, 0.3) is 0 Å². The number of hydrogen-bond donors (Lipinski definition) is 1. The molecule has 0 spiro atoms. The van der Waals surface area contributed by atoms with E-state index >= 15 is 0 Å². The van der Waals surface area contributed by atoms with Crippen molar-refractivity contribution in [3.63, 3.8) is 0 Å². The third kappa shape index (κ3) is 4.27. The van der Waals surface area contributed by atoms with Crippen LogP contribution in [0, 0.1) is 0 Å². The van der Waals surface area contributed by atoms with E-state index in [1.165, 1.54) is 4.88 Å². The van der Waals surface area contributed by atoms with Gasteiger partial charge in [0.05, 0.1) is 11.9 Å². The van der Waals surface area contributed by atoms with Crippen LogP contribution in [0.5, 0.6) is 0 Å². The topological polar surface area (TPSA) is 50.2 Å². The molecule has 2 aromatic heterocycles. The summed E-state index contributed by atoms with van der Waals surface area (Å²) in [6.45, 7) is 2.18. The number of pyridine rings is 1. The van der Waals surface area contributed by atoms with Gasteiger partial charge in [-0.1, -0.05) is 58.8 Å². The van der Waals surface area contributed by atoms with Gasteiger partial charge in [-0.25, -0.2) is 4.98 Å². The number of benzene rings is 1. The smallest absolute Gasteiger partial charge is 0.204 e. The van der Waals surface area contributed by atoms with Gasteiger partial charge in [-0.15, -0.1) is 0 Å². The second-order valence-corrected chi connectivity index (χ2v) is 7.20. The minimum atomic E-state index is 0.802. The number of rotatable bonds is 6. The Bertz CT molecular complexity index is 813. The average Bonchev–Trinajstić information content (AvgIpc) is 3.00. The van der Waals surface area contributed by atoms with Crippen molar-refractivity contribution in [3.05, 3.63) is 63.7 Å². The van der Waals surface area contributed by atoms with Crippen molar-refractivity contribution in [2.75, 3.05) is 5.43 Å². The van der Waals surface area contributed by atoms with E-state index in [4.69, 9.17) is 4.98 Å². The van der Waals surface area contributed by atoms with Crippen LogP contribution in [0.25, 0.3) is 11.3 Å².